The van der Waals surface area contributed by atoms with Crippen LogP contribution in [0.2, 0.25) is 0 Å². The Morgan fingerprint density at radius 1 is 1.20 bits per heavy atom. The van der Waals surface area contributed by atoms with E-state index in [1.54, 1.807) is 24.4 Å². The second-order valence-corrected chi connectivity index (χ2v) is 5.43. The van der Waals surface area contributed by atoms with Crippen molar-refractivity contribution in [3.8, 4) is 17.3 Å². The summed E-state index contributed by atoms with van der Waals surface area (Å²) in [4.78, 5) is 12.1. The molecule has 0 N–H and O–H groups in total. The van der Waals surface area contributed by atoms with E-state index >= 15 is 0 Å². The molecule has 0 atom stereocenters. The predicted octanol–water partition coefficient (Wildman–Crippen LogP) is 3.81. The monoisotopic (exact) mass is 268 g/mol. The molecule has 4 heteroatoms. The van der Waals surface area contributed by atoms with Crippen LogP contribution in [0.25, 0.3) is 11.3 Å². The summed E-state index contributed by atoms with van der Waals surface area (Å²) in [6.07, 6.45) is 1.25. The molecule has 1 heterocycles. The van der Waals surface area contributed by atoms with Crippen LogP contribution in [0.15, 0.2) is 42.6 Å². The molecule has 102 valence electrons. The normalized spacial score (nSPS) is 10.9. The van der Waals surface area contributed by atoms with E-state index in [0.717, 1.165) is 11.3 Å². The summed E-state index contributed by atoms with van der Waals surface area (Å²) in [6, 6.07) is 12.8. The van der Waals surface area contributed by atoms with Crippen LogP contribution in [0.3, 0.4) is 0 Å². The third kappa shape index (κ3) is 3.07. The standard InChI is InChI=1S/C16H16N2O2/c1-16(2,3)20-15(19)18-10-4-5-14(18)13-8-6-12(11-17)7-9-13/h4-10H,1-3H3. The molecule has 4 nitrogen and oxygen atoms in total. The van der Waals surface area contributed by atoms with E-state index < -0.39 is 11.7 Å². The SMILES string of the molecule is CC(C)(C)OC(=O)n1cccc1-c1ccc(C#N)cc1. The van der Waals surface area contributed by atoms with Gasteiger partial charge >= 0.3 is 6.09 Å². The van der Waals surface area contributed by atoms with Crippen molar-refractivity contribution in [2.45, 2.75) is 26.4 Å². The second kappa shape index (κ2) is 5.22. The van der Waals surface area contributed by atoms with Gasteiger partial charge in [-0.2, -0.15) is 5.26 Å². The van der Waals surface area contributed by atoms with Crippen molar-refractivity contribution < 1.29 is 9.53 Å². The number of ether oxygens (including phenoxy) is 1. The number of benzene rings is 1. The minimum Gasteiger partial charge on any atom is -0.443 e. The number of nitriles is 1. The van der Waals surface area contributed by atoms with Crippen molar-refractivity contribution in [1.29, 1.82) is 5.26 Å². The molecule has 0 radical (unpaired) electrons. The quantitative estimate of drug-likeness (QED) is 0.790. The highest BCUT2D eigenvalue weighted by Gasteiger charge is 2.19. The molecule has 0 bridgehead atoms. The lowest BCUT2D eigenvalue weighted by molar-refractivity contribution is 0.0540. The van der Waals surface area contributed by atoms with E-state index in [1.807, 2.05) is 39.0 Å². The Balaban J connectivity index is 2.33. The van der Waals surface area contributed by atoms with Gasteiger partial charge in [-0.1, -0.05) is 12.1 Å². The molecule has 1 aromatic carbocycles. The van der Waals surface area contributed by atoms with E-state index in [0.29, 0.717) is 5.56 Å². The molecule has 0 amide bonds. The maximum absolute atomic E-state index is 12.1. The zero-order valence-corrected chi connectivity index (χ0v) is 11.8. The largest absolute Gasteiger partial charge is 0.443 e. The molecule has 0 unspecified atom stereocenters. The zero-order valence-electron chi connectivity index (χ0n) is 11.8. The molecule has 0 spiro atoms. The van der Waals surface area contributed by atoms with Gasteiger partial charge in [-0.3, -0.25) is 4.57 Å². The Morgan fingerprint density at radius 2 is 1.85 bits per heavy atom. The lowest BCUT2D eigenvalue weighted by atomic mass is 10.1. The van der Waals surface area contributed by atoms with Gasteiger partial charge in [-0.25, -0.2) is 4.79 Å². The average Bonchev–Trinajstić information content (AvgIpc) is 2.86. The van der Waals surface area contributed by atoms with E-state index in [1.165, 1.54) is 4.57 Å². The average molecular weight is 268 g/mol. The number of hydrogen-bond acceptors (Lipinski definition) is 3. The Kier molecular flexibility index (Phi) is 3.62. The Morgan fingerprint density at radius 3 is 2.40 bits per heavy atom. The van der Waals surface area contributed by atoms with Gasteiger partial charge in [0.1, 0.15) is 5.60 Å². The van der Waals surface area contributed by atoms with E-state index in [-0.39, 0.29) is 0 Å². The summed E-state index contributed by atoms with van der Waals surface area (Å²) in [6.45, 7) is 5.49. The van der Waals surface area contributed by atoms with Crippen LogP contribution in [0.5, 0.6) is 0 Å². The van der Waals surface area contributed by atoms with Gasteiger partial charge in [-0.15, -0.1) is 0 Å². The number of aromatic nitrogens is 1. The molecule has 0 aliphatic heterocycles. The first-order valence-corrected chi connectivity index (χ1v) is 6.32. The van der Waals surface area contributed by atoms with Gasteiger partial charge in [0.15, 0.2) is 0 Å². The van der Waals surface area contributed by atoms with Gasteiger partial charge in [0.05, 0.1) is 17.3 Å². The third-order valence-corrected chi connectivity index (χ3v) is 2.65. The fraction of sp³-hybridized carbons (Fsp3) is 0.250. The number of rotatable bonds is 1. The summed E-state index contributed by atoms with van der Waals surface area (Å²) in [5.41, 5.74) is 1.65. The highest BCUT2D eigenvalue weighted by Crippen LogP contribution is 2.22. The van der Waals surface area contributed by atoms with Gasteiger partial charge < -0.3 is 4.74 Å². The first-order valence-electron chi connectivity index (χ1n) is 6.32. The van der Waals surface area contributed by atoms with Crippen LogP contribution in [0.4, 0.5) is 4.79 Å². The third-order valence-electron chi connectivity index (χ3n) is 2.65. The fourth-order valence-electron chi connectivity index (χ4n) is 1.80. The maximum Gasteiger partial charge on any atom is 0.418 e. The molecule has 0 saturated heterocycles. The molecule has 0 aliphatic rings. The summed E-state index contributed by atoms with van der Waals surface area (Å²) in [5.74, 6) is 0. The Hall–Kier alpha value is -2.54. The number of hydrogen-bond donors (Lipinski definition) is 0. The molecule has 20 heavy (non-hydrogen) atoms. The van der Waals surface area contributed by atoms with Crippen LogP contribution < -0.4 is 0 Å². The highest BCUT2D eigenvalue weighted by molar-refractivity contribution is 5.78. The van der Waals surface area contributed by atoms with Gasteiger partial charge in [0.25, 0.3) is 0 Å². The number of carbonyl (C=O) groups is 1. The lowest BCUT2D eigenvalue weighted by Gasteiger charge is -2.20. The Labute approximate surface area is 118 Å². The molecule has 2 aromatic rings. The van der Waals surface area contributed by atoms with E-state index in [9.17, 15) is 4.79 Å². The molecule has 0 saturated carbocycles. The van der Waals surface area contributed by atoms with Crippen LogP contribution in [0.1, 0.15) is 26.3 Å². The predicted molar refractivity (Wildman–Crippen MR) is 76.2 cm³/mol. The first-order chi connectivity index (χ1) is 9.40. The van der Waals surface area contributed by atoms with Gasteiger partial charge in [-0.05, 0) is 50.6 Å². The first kappa shape index (κ1) is 13.9. The molecule has 2 rings (SSSR count). The summed E-state index contributed by atoms with van der Waals surface area (Å²) in [5, 5.41) is 8.80. The van der Waals surface area contributed by atoms with Gasteiger partial charge in [0, 0.05) is 6.20 Å². The molecular formula is C16H16N2O2. The van der Waals surface area contributed by atoms with Crippen molar-refractivity contribution in [3.05, 3.63) is 48.2 Å². The van der Waals surface area contributed by atoms with Crippen LogP contribution in [-0.2, 0) is 4.74 Å². The van der Waals surface area contributed by atoms with Crippen molar-refractivity contribution in [3.63, 3.8) is 0 Å². The van der Waals surface area contributed by atoms with E-state index in [4.69, 9.17) is 10.00 Å². The summed E-state index contributed by atoms with van der Waals surface area (Å²) < 4.78 is 6.83. The van der Waals surface area contributed by atoms with Crippen molar-refractivity contribution in [2.75, 3.05) is 0 Å². The highest BCUT2D eigenvalue weighted by atomic mass is 16.6. The zero-order chi connectivity index (χ0) is 14.8. The number of carbonyl (C=O) groups excluding carboxylic acids is 1. The van der Waals surface area contributed by atoms with Crippen molar-refractivity contribution >= 4 is 6.09 Å². The fourth-order valence-corrected chi connectivity index (χ4v) is 1.80. The van der Waals surface area contributed by atoms with Crippen molar-refractivity contribution in [2.24, 2.45) is 0 Å². The minimum absolute atomic E-state index is 0.415. The summed E-state index contributed by atoms with van der Waals surface area (Å²) >= 11 is 0. The van der Waals surface area contributed by atoms with Crippen LogP contribution >= 0.6 is 0 Å². The van der Waals surface area contributed by atoms with Crippen LogP contribution in [0, 0.1) is 11.3 Å². The minimum atomic E-state index is -0.538. The van der Waals surface area contributed by atoms with E-state index in [2.05, 4.69) is 6.07 Å². The molecule has 0 aliphatic carbocycles. The van der Waals surface area contributed by atoms with Crippen LogP contribution in [-0.4, -0.2) is 16.3 Å². The lowest BCUT2D eigenvalue weighted by Crippen LogP contribution is -2.27. The Bertz CT molecular complexity index is 655. The summed E-state index contributed by atoms with van der Waals surface area (Å²) in [7, 11) is 0. The smallest absolute Gasteiger partial charge is 0.418 e. The van der Waals surface area contributed by atoms with Gasteiger partial charge in [0.2, 0.25) is 0 Å². The molecular weight excluding hydrogens is 252 g/mol. The topological polar surface area (TPSA) is 55.0 Å². The number of nitrogens with zero attached hydrogens (tertiary/aromatic N) is 2. The second-order valence-electron chi connectivity index (χ2n) is 5.43. The van der Waals surface area contributed by atoms with Crippen molar-refractivity contribution in [1.82, 2.24) is 4.57 Å². The molecule has 0 fully saturated rings. The maximum atomic E-state index is 12.1. The molecule has 1 aromatic heterocycles.